The number of hydrogen-bond donors (Lipinski definition) is 1. The van der Waals surface area contributed by atoms with Crippen molar-refractivity contribution in [2.24, 2.45) is 5.92 Å². The molecule has 5 nitrogen and oxygen atoms in total. The van der Waals surface area contributed by atoms with Gasteiger partial charge in [-0.1, -0.05) is 32.0 Å². The number of para-hydroxylation sites is 1. The fourth-order valence-electron chi connectivity index (χ4n) is 3.28. The van der Waals surface area contributed by atoms with Crippen LogP contribution in [0.5, 0.6) is 0 Å². The number of hydrogen-bond acceptors (Lipinski definition) is 4. The topological polar surface area (TPSA) is 44.8 Å². The van der Waals surface area contributed by atoms with Gasteiger partial charge < -0.3 is 15.0 Å². The summed E-state index contributed by atoms with van der Waals surface area (Å²) in [6.07, 6.45) is 3.37. The molecule has 1 atom stereocenters. The molecule has 0 saturated carbocycles. The van der Waals surface area contributed by atoms with Gasteiger partial charge in [-0.15, -0.1) is 0 Å². The molecule has 1 heterocycles. The van der Waals surface area contributed by atoms with Crippen LogP contribution in [0.3, 0.4) is 0 Å². The summed E-state index contributed by atoms with van der Waals surface area (Å²) in [6, 6.07) is 11.0. The van der Waals surface area contributed by atoms with E-state index in [-0.39, 0.29) is 5.91 Å². The van der Waals surface area contributed by atoms with Crippen LogP contribution in [0.15, 0.2) is 30.3 Å². The Morgan fingerprint density at radius 2 is 2.08 bits per heavy atom. The van der Waals surface area contributed by atoms with Gasteiger partial charge in [-0.3, -0.25) is 9.69 Å². The maximum absolute atomic E-state index is 12.2. The zero-order valence-electron chi connectivity index (χ0n) is 16.6. The summed E-state index contributed by atoms with van der Waals surface area (Å²) in [7, 11) is 2.05. The first-order valence-electron chi connectivity index (χ1n) is 9.91. The van der Waals surface area contributed by atoms with Gasteiger partial charge in [0.2, 0.25) is 5.91 Å². The molecule has 1 aliphatic heterocycles. The molecule has 1 aromatic rings. The predicted molar refractivity (Wildman–Crippen MR) is 108 cm³/mol. The number of amides is 1. The molecule has 1 aromatic carbocycles. The molecule has 146 valence electrons. The number of anilines is 1. The largest absolute Gasteiger partial charge is 0.380 e. The Morgan fingerprint density at radius 3 is 2.81 bits per heavy atom. The van der Waals surface area contributed by atoms with Crippen LogP contribution >= 0.6 is 0 Å². The molecular formula is C21H35N3O2. The Kier molecular flexibility index (Phi) is 8.92. The number of carbonyl (C=O) groups is 1. The first kappa shape index (κ1) is 20.7. The van der Waals surface area contributed by atoms with Crippen molar-refractivity contribution >= 4 is 11.6 Å². The fraction of sp³-hybridized carbons (Fsp3) is 0.667. The molecule has 0 bridgehead atoms. The van der Waals surface area contributed by atoms with Gasteiger partial charge in [0.05, 0.1) is 13.2 Å². The van der Waals surface area contributed by atoms with Gasteiger partial charge in [-0.2, -0.15) is 0 Å². The monoisotopic (exact) mass is 361 g/mol. The summed E-state index contributed by atoms with van der Waals surface area (Å²) in [6.45, 7) is 8.83. The Labute approximate surface area is 158 Å². The van der Waals surface area contributed by atoms with Crippen LogP contribution in [0.1, 0.15) is 33.1 Å². The van der Waals surface area contributed by atoms with Crippen molar-refractivity contribution in [1.29, 1.82) is 0 Å². The van der Waals surface area contributed by atoms with Crippen molar-refractivity contribution in [3.8, 4) is 0 Å². The van der Waals surface area contributed by atoms with Gasteiger partial charge in [-0.25, -0.2) is 0 Å². The Morgan fingerprint density at radius 1 is 1.31 bits per heavy atom. The Hall–Kier alpha value is -1.59. The van der Waals surface area contributed by atoms with Crippen molar-refractivity contribution < 1.29 is 9.53 Å². The number of nitrogens with zero attached hydrogens (tertiary/aromatic N) is 2. The molecule has 0 radical (unpaired) electrons. The van der Waals surface area contributed by atoms with Gasteiger partial charge >= 0.3 is 0 Å². The number of rotatable bonds is 10. The van der Waals surface area contributed by atoms with Crippen LogP contribution in [0.4, 0.5) is 5.69 Å². The number of nitrogens with one attached hydrogen (secondary N) is 1. The van der Waals surface area contributed by atoms with E-state index in [0.29, 0.717) is 31.7 Å². The molecule has 26 heavy (non-hydrogen) atoms. The van der Waals surface area contributed by atoms with Gasteiger partial charge in [0.15, 0.2) is 0 Å². The molecule has 1 unspecified atom stereocenters. The maximum atomic E-state index is 12.2. The predicted octanol–water partition coefficient (Wildman–Crippen LogP) is 2.77. The standard InChI is InChI=1S/C21H35N3O2/c1-18(2)11-14-26-15-12-22-21(25)17-23(3)20-10-7-13-24(16-20)19-8-5-4-6-9-19/h4-6,8-9,18,20H,7,10-17H2,1-3H3,(H,22,25). The average Bonchev–Trinajstić information content (AvgIpc) is 2.65. The average molecular weight is 362 g/mol. The number of likely N-dealkylation sites (N-methyl/N-ethyl adjacent to an activating group) is 1. The van der Waals surface area contributed by atoms with Crippen molar-refractivity contribution in [2.45, 2.75) is 39.2 Å². The third-order valence-electron chi connectivity index (χ3n) is 4.94. The van der Waals surface area contributed by atoms with Crippen LogP contribution < -0.4 is 10.2 Å². The van der Waals surface area contributed by atoms with E-state index in [9.17, 15) is 4.79 Å². The highest BCUT2D eigenvalue weighted by Gasteiger charge is 2.24. The first-order valence-corrected chi connectivity index (χ1v) is 9.91. The maximum Gasteiger partial charge on any atom is 0.234 e. The molecule has 1 saturated heterocycles. The minimum Gasteiger partial charge on any atom is -0.380 e. The minimum atomic E-state index is 0.0804. The van der Waals surface area contributed by atoms with E-state index in [1.807, 2.05) is 6.07 Å². The summed E-state index contributed by atoms with van der Waals surface area (Å²) in [4.78, 5) is 16.8. The van der Waals surface area contributed by atoms with Crippen LogP contribution in [0.25, 0.3) is 0 Å². The normalized spacial score (nSPS) is 17.7. The summed E-state index contributed by atoms with van der Waals surface area (Å²) in [5, 5.41) is 2.96. The van der Waals surface area contributed by atoms with Crippen LogP contribution in [0.2, 0.25) is 0 Å². The Balaban J connectivity index is 1.66. The van der Waals surface area contributed by atoms with Crippen molar-refractivity contribution in [1.82, 2.24) is 10.2 Å². The van der Waals surface area contributed by atoms with E-state index in [2.05, 4.69) is 60.3 Å². The molecule has 2 rings (SSSR count). The lowest BCUT2D eigenvalue weighted by Gasteiger charge is -2.38. The first-order chi connectivity index (χ1) is 12.6. The number of ether oxygens (including phenoxy) is 1. The van der Waals surface area contributed by atoms with Crippen LogP contribution in [-0.4, -0.2) is 63.3 Å². The van der Waals surface area contributed by atoms with Crippen LogP contribution in [-0.2, 0) is 9.53 Å². The summed E-state index contributed by atoms with van der Waals surface area (Å²) < 4.78 is 5.54. The third kappa shape index (κ3) is 7.34. The van der Waals surface area contributed by atoms with E-state index in [1.165, 1.54) is 5.69 Å². The van der Waals surface area contributed by atoms with Crippen LogP contribution in [0, 0.1) is 5.92 Å². The highest BCUT2D eigenvalue weighted by molar-refractivity contribution is 5.78. The summed E-state index contributed by atoms with van der Waals surface area (Å²) in [5.41, 5.74) is 1.27. The quantitative estimate of drug-likeness (QED) is 0.651. The molecular weight excluding hydrogens is 326 g/mol. The van der Waals surface area contributed by atoms with Gasteiger partial charge in [-0.05, 0) is 44.4 Å². The van der Waals surface area contributed by atoms with Crippen molar-refractivity contribution in [2.75, 3.05) is 51.3 Å². The van der Waals surface area contributed by atoms with Gasteiger partial charge in [0.1, 0.15) is 0 Å². The minimum absolute atomic E-state index is 0.0804. The van der Waals surface area contributed by atoms with E-state index in [0.717, 1.165) is 39.0 Å². The number of carbonyl (C=O) groups excluding carboxylic acids is 1. The lowest BCUT2D eigenvalue weighted by atomic mass is 10.0. The molecule has 1 fully saturated rings. The highest BCUT2D eigenvalue weighted by atomic mass is 16.5. The molecule has 1 aliphatic rings. The molecule has 0 aromatic heterocycles. The van der Waals surface area contributed by atoms with Gasteiger partial charge in [0, 0.05) is 38.0 Å². The second-order valence-corrected chi connectivity index (χ2v) is 7.64. The number of benzene rings is 1. The van der Waals surface area contributed by atoms with E-state index in [4.69, 9.17) is 4.74 Å². The fourth-order valence-corrected chi connectivity index (χ4v) is 3.28. The molecule has 0 spiro atoms. The molecule has 1 amide bonds. The summed E-state index contributed by atoms with van der Waals surface area (Å²) in [5.74, 6) is 0.737. The third-order valence-corrected chi connectivity index (χ3v) is 4.94. The van der Waals surface area contributed by atoms with E-state index < -0.39 is 0 Å². The second-order valence-electron chi connectivity index (χ2n) is 7.64. The zero-order valence-corrected chi connectivity index (χ0v) is 16.6. The molecule has 0 aliphatic carbocycles. The van der Waals surface area contributed by atoms with E-state index >= 15 is 0 Å². The number of piperidine rings is 1. The molecule has 1 N–H and O–H groups in total. The molecule has 5 heteroatoms. The Bertz CT molecular complexity index is 521. The highest BCUT2D eigenvalue weighted by Crippen LogP contribution is 2.21. The zero-order chi connectivity index (χ0) is 18.8. The van der Waals surface area contributed by atoms with Crippen molar-refractivity contribution in [3.63, 3.8) is 0 Å². The SMILES string of the molecule is CC(C)CCOCCNC(=O)CN(C)C1CCCN(c2ccccc2)C1. The lowest BCUT2D eigenvalue weighted by Crippen LogP contribution is -2.49. The smallest absolute Gasteiger partial charge is 0.234 e. The van der Waals surface area contributed by atoms with Crippen molar-refractivity contribution in [3.05, 3.63) is 30.3 Å². The summed E-state index contributed by atoms with van der Waals surface area (Å²) >= 11 is 0. The second kappa shape index (κ2) is 11.2. The van der Waals surface area contributed by atoms with E-state index in [1.54, 1.807) is 0 Å². The van der Waals surface area contributed by atoms with Gasteiger partial charge in [0.25, 0.3) is 0 Å². The lowest BCUT2D eigenvalue weighted by molar-refractivity contribution is -0.122.